The molecule has 22 heavy (non-hydrogen) atoms. The third kappa shape index (κ3) is 3.49. The zero-order valence-electron chi connectivity index (χ0n) is 12.2. The Labute approximate surface area is 132 Å². The molecule has 2 aromatic rings. The lowest BCUT2D eigenvalue weighted by atomic mass is 10.0. The Balaban J connectivity index is 2.19. The molecule has 5 nitrogen and oxygen atoms in total. The molecule has 0 unspecified atom stereocenters. The van der Waals surface area contributed by atoms with Gasteiger partial charge in [-0.05, 0) is 30.2 Å². The normalized spacial score (nSPS) is 12.2. The Bertz CT molecular complexity index is 693. The Kier molecular flexibility index (Phi) is 4.88. The third-order valence-electron chi connectivity index (χ3n) is 3.19. The van der Waals surface area contributed by atoms with Gasteiger partial charge in [0.1, 0.15) is 11.8 Å². The quantitative estimate of drug-likeness (QED) is 0.884. The van der Waals surface area contributed by atoms with Crippen LogP contribution in [0.25, 0.3) is 11.3 Å². The molecule has 1 amide bonds. The zero-order chi connectivity index (χ0) is 16.3. The van der Waals surface area contributed by atoms with Crippen LogP contribution in [-0.2, 0) is 4.79 Å². The van der Waals surface area contributed by atoms with E-state index in [0.717, 1.165) is 0 Å². The van der Waals surface area contributed by atoms with E-state index in [2.05, 4.69) is 5.32 Å². The van der Waals surface area contributed by atoms with E-state index in [0.29, 0.717) is 16.3 Å². The van der Waals surface area contributed by atoms with E-state index >= 15 is 0 Å². The predicted octanol–water partition coefficient (Wildman–Crippen LogP) is 3.44. The van der Waals surface area contributed by atoms with Crippen molar-refractivity contribution in [2.24, 2.45) is 5.92 Å². The number of aliphatic carboxylic acids is 1. The SMILES string of the molecule is CC(C)[C@@H](NC(=O)c1ccc(-c2ccccc2Cl)o1)C(=O)O. The molecule has 1 heterocycles. The predicted molar refractivity (Wildman–Crippen MR) is 82.9 cm³/mol. The molecule has 1 aromatic heterocycles. The monoisotopic (exact) mass is 321 g/mol. The molecule has 0 aliphatic carbocycles. The zero-order valence-corrected chi connectivity index (χ0v) is 12.9. The van der Waals surface area contributed by atoms with Crippen LogP contribution >= 0.6 is 11.6 Å². The minimum absolute atomic E-state index is 0.0434. The van der Waals surface area contributed by atoms with E-state index in [-0.39, 0.29) is 11.7 Å². The lowest BCUT2D eigenvalue weighted by molar-refractivity contribution is -0.140. The number of carboxylic acid groups (broad SMARTS) is 1. The van der Waals surface area contributed by atoms with Crippen LogP contribution in [0.5, 0.6) is 0 Å². The molecule has 0 aliphatic heterocycles. The maximum absolute atomic E-state index is 12.1. The maximum atomic E-state index is 12.1. The van der Waals surface area contributed by atoms with Gasteiger partial charge in [-0.25, -0.2) is 4.79 Å². The average molecular weight is 322 g/mol. The smallest absolute Gasteiger partial charge is 0.326 e. The van der Waals surface area contributed by atoms with Crippen molar-refractivity contribution >= 4 is 23.5 Å². The highest BCUT2D eigenvalue weighted by Crippen LogP contribution is 2.29. The van der Waals surface area contributed by atoms with Crippen molar-refractivity contribution in [1.82, 2.24) is 5.32 Å². The molecule has 0 aliphatic rings. The number of carbonyl (C=O) groups excluding carboxylic acids is 1. The van der Waals surface area contributed by atoms with Gasteiger partial charge >= 0.3 is 5.97 Å². The van der Waals surface area contributed by atoms with Gasteiger partial charge < -0.3 is 14.8 Å². The first-order valence-electron chi connectivity index (χ1n) is 6.78. The number of halogens is 1. The molecule has 0 fully saturated rings. The fourth-order valence-corrected chi connectivity index (χ4v) is 2.22. The highest BCUT2D eigenvalue weighted by Gasteiger charge is 2.25. The number of furan rings is 1. The fraction of sp³-hybridized carbons (Fsp3) is 0.250. The molecule has 116 valence electrons. The molecule has 2 rings (SSSR count). The summed E-state index contributed by atoms with van der Waals surface area (Å²) < 4.78 is 5.48. The summed E-state index contributed by atoms with van der Waals surface area (Å²) >= 11 is 6.08. The Morgan fingerprint density at radius 2 is 1.86 bits per heavy atom. The molecule has 1 atom stereocenters. The first kappa shape index (κ1) is 16.1. The van der Waals surface area contributed by atoms with Gasteiger partial charge in [0.05, 0.1) is 5.02 Å². The molecule has 0 saturated carbocycles. The number of hydrogen-bond donors (Lipinski definition) is 2. The summed E-state index contributed by atoms with van der Waals surface area (Å²) in [4.78, 5) is 23.2. The average Bonchev–Trinajstić information content (AvgIpc) is 2.94. The lowest BCUT2D eigenvalue weighted by Crippen LogP contribution is -2.44. The Hall–Kier alpha value is -2.27. The van der Waals surface area contributed by atoms with Crippen molar-refractivity contribution in [3.05, 3.63) is 47.2 Å². The second-order valence-electron chi connectivity index (χ2n) is 5.18. The van der Waals surface area contributed by atoms with Crippen LogP contribution < -0.4 is 5.32 Å². The maximum Gasteiger partial charge on any atom is 0.326 e. The number of rotatable bonds is 5. The minimum atomic E-state index is -1.08. The summed E-state index contributed by atoms with van der Waals surface area (Å²) in [6.07, 6.45) is 0. The molecule has 0 radical (unpaired) electrons. The highest BCUT2D eigenvalue weighted by molar-refractivity contribution is 6.33. The number of hydrogen-bond acceptors (Lipinski definition) is 3. The van der Waals surface area contributed by atoms with Gasteiger partial charge in [-0.3, -0.25) is 4.79 Å². The topological polar surface area (TPSA) is 79.5 Å². The first-order valence-corrected chi connectivity index (χ1v) is 7.16. The van der Waals surface area contributed by atoms with Crippen molar-refractivity contribution in [2.75, 3.05) is 0 Å². The Morgan fingerprint density at radius 3 is 2.45 bits per heavy atom. The summed E-state index contributed by atoms with van der Waals surface area (Å²) in [5.74, 6) is -1.39. The third-order valence-corrected chi connectivity index (χ3v) is 3.52. The number of carbonyl (C=O) groups is 2. The molecular weight excluding hydrogens is 306 g/mol. The van der Waals surface area contributed by atoms with Gasteiger partial charge in [0, 0.05) is 5.56 Å². The molecule has 1 aromatic carbocycles. The van der Waals surface area contributed by atoms with Crippen molar-refractivity contribution < 1.29 is 19.1 Å². The van der Waals surface area contributed by atoms with Gasteiger partial charge in [0.15, 0.2) is 5.76 Å². The summed E-state index contributed by atoms with van der Waals surface area (Å²) in [7, 11) is 0. The van der Waals surface area contributed by atoms with Crippen LogP contribution in [0.1, 0.15) is 24.4 Å². The number of carboxylic acids is 1. The van der Waals surface area contributed by atoms with E-state index in [1.807, 2.05) is 6.07 Å². The van der Waals surface area contributed by atoms with Gasteiger partial charge in [-0.2, -0.15) is 0 Å². The summed E-state index contributed by atoms with van der Waals surface area (Å²) in [5, 5.41) is 12.1. The van der Waals surface area contributed by atoms with Gasteiger partial charge in [-0.15, -0.1) is 0 Å². The molecule has 6 heteroatoms. The highest BCUT2D eigenvalue weighted by atomic mass is 35.5. The van der Waals surface area contributed by atoms with E-state index in [1.165, 1.54) is 6.07 Å². The molecule has 0 saturated heterocycles. The van der Waals surface area contributed by atoms with E-state index in [1.54, 1.807) is 38.1 Å². The van der Waals surface area contributed by atoms with E-state index in [9.17, 15) is 9.59 Å². The standard InChI is InChI=1S/C16H16ClNO4/c1-9(2)14(16(20)21)18-15(19)13-8-7-12(22-13)10-5-3-4-6-11(10)17/h3-9,14H,1-2H3,(H,18,19)(H,20,21)/t14-/m1/s1. The fourth-order valence-electron chi connectivity index (χ4n) is 1.99. The Morgan fingerprint density at radius 1 is 1.18 bits per heavy atom. The number of nitrogens with one attached hydrogen (secondary N) is 1. The minimum Gasteiger partial charge on any atom is -0.480 e. The van der Waals surface area contributed by atoms with Gasteiger partial charge in [0.25, 0.3) is 5.91 Å². The molecule has 0 bridgehead atoms. The van der Waals surface area contributed by atoms with Crippen molar-refractivity contribution in [1.29, 1.82) is 0 Å². The van der Waals surface area contributed by atoms with Crippen molar-refractivity contribution in [2.45, 2.75) is 19.9 Å². The number of benzene rings is 1. The van der Waals surface area contributed by atoms with E-state index < -0.39 is 17.9 Å². The van der Waals surface area contributed by atoms with Gasteiger partial charge in [0.2, 0.25) is 0 Å². The summed E-state index contributed by atoms with van der Waals surface area (Å²) in [6.45, 7) is 3.44. The summed E-state index contributed by atoms with van der Waals surface area (Å²) in [6, 6.07) is 9.25. The van der Waals surface area contributed by atoms with Crippen LogP contribution in [0.2, 0.25) is 5.02 Å². The largest absolute Gasteiger partial charge is 0.480 e. The van der Waals surface area contributed by atoms with Crippen molar-refractivity contribution in [3.8, 4) is 11.3 Å². The van der Waals surface area contributed by atoms with Crippen LogP contribution in [0.15, 0.2) is 40.8 Å². The second kappa shape index (κ2) is 6.66. The van der Waals surface area contributed by atoms with Crippen LogP contribution in [0.4, 0.5) is 0 Å². The van der Waals surface area contributed by atoms with Crippen LogP contribution in [0.3, 0.4) is 0 Å². The molecule has 0 spiro atoms. The lowest BCUT2D eigenvalue weighted by Gasteiger charge is -2.16. The number of amides is 1. The van der Waals surface area contributed by atoms with Crippen LogP contribution in [-0.4, -0.2) is 23.0 Å². The molecule has 2 N–H and O–H groups in total. The van der Waals surface area contributed by atoms with Crippen molar-refractivity contribution in [3.63, 3.8) is 0 Å². The van der Waals surface area contributed by atoms with Gasteiger partial charge in [-0.1, -0.05) is 37.6 Å². The summed E-state index contributed by atoms with van der Waals surface area (Å²) in [5.41, 5.74) is 0.668. The van der Waals surface area contributed by atoms with Crippen LogP contribution in [0, 0.1) is 5.92 Å². The first-order chi connectivity index (χ1) is 10.4. The molecular formula is C16H16ClNO4. The van der Waals surface area contributed by atoms with E-state index in [4.69, 9.17) is 21.1 Å². The second-order valence-corrected chi connectivity index (χ2v) is 5.58.